The van der Waals surface area contributed by atoms with Crippen molar-refractivity contribution < 1.29 is 0 Å². The number of rotatable bonds is 4. The predicted molar refractivity (Wildman–Crippen MR) is 72.6 cm³/mol. The van der Waals surface area contributed by atoms with Gasteiger partial charge in [-0.1, -0.05) is 17.7 Å². The second-order valence-electron chi connectivity index (χ2n) is 4.80. The lowest BCUT2D eigenvalue weighted by atomic mass is 10.2. The van der Waals surface area contributed by atoms with E-state index in [1.807, 2.05) is 12.1 Å². The Bertz CT molecular complexity index is 540. The Morgan fingerprint density at radius 1 is 1.35 bits per heavy atom. The summed E-state index contributed by atoms with van der Waals surface area (Å²) < 4.78 is 2.47. The fourth-order valence-electron chi connectivity index (χ4n) is 2.51. The highest BCUT2D eigenvalue weighted by atomic mass is 35.5. The van der Waals surface area contributed by atoms with Gasteiger partial charge in [-0.15, -0.1) is 0 Å². The molecular weight excluding hydrogens is 232 g/mol. The molecular formula is C14H17ClN2. The van der Waals surface area contributed by atoms with Crippen LogP contribution in [-0.4, -0.2) is 11.1 Å². The van der Waals surface area contributed by atoms with E-state index in [1.165, 1.54) is 29.4 Å². The molecule has 0 aliphatic heterocycles. The molecule has 2 N–H and O–H groups in total. The molecule has 1 aliphatic carbocycles. The number of benzene rings is 1. The maximum absolute atomic E-state index is 6.26. The third-order valence-corrected chi connectivity index (χ3v) is 3.79. The van der Waals surface area contributed by atoms with Gasteiger partial charge in [-0.3, -0.25) is 0 Å². The molecule has 0 saturated heterocycles. The summed E-state index contributed by atoms with van der Waals surface area (Å²) in [4.78, 5) is 0. The van der Waals surface area contributed by atoms with E-state index in [9.17, 15) is 0 Å². The molecule has 1 fully saturated rings. The minimum atomic E-state index is 0.693. The molecule has 0 unspecified atom stereocenters. The van der Waals surface area contributed by atoms with Crippen LogP contribution in [0.25, 0.3) is 10.9 Å². The van der Waals surface area contributed by atoms with Crippen LogP contribution in [0.2, 0.25) is 5.02 Å². The van der Waals surface area contributed by atoms with Crippen molar-refractivity contribution in [3.05, 3.63) is 35.0 Å². The summed E-state index contributed by atoms with van der Waals surface area (Å²) in [5.41, 5.74) is 8.28. The molecule has 2 nitrogen and oxygen atoms in total. The molecule has 0 atom stereocenters. The lowest BCUT2D eigenvalue weighted by Crippen LogP contribution is -2.05. The molecule has 1 aromatic heterocycles. The summed E-state index contributed by atoms with van der Waals surface area (Å²) in [6.45, 7) is 0.750. The van der Waals surface area contributed by atoms with Gasteiger partial charge in [-0.25, -0.2) is 0 Å². The quantitative estimate of drug-likeness (QED) is 0.882. The molecule has 1 heterocycles. The Kier molecular flexibility index (Phi) is 2.85. The Balaban J connectivity index is 2.12. The highest BCUT2D eigenvalue weighted by Crippen LogP contribution is 2.41. The van der Waals surface area contributed by atoms with E-state index in [-0.39, 0.29) is 0 Å². The molecule has 0 spiro atoms. The van der Waals surface area contributed by atoms with Gasteiger partial charge in [-0.2, -0.15) is 0 Å². The van der Waals surface area contributed by atoms with Gasteiger partial charge < -0.3 is 10.3 Å². The van der Waals surface area contributed by atoms with Crippen molar-refractivity contribution >= 4 is 22.5 Å². The zero-order valence-corrected chi connectivity index (χ0v) is 10.6. The van der Waals surface area contributed by atoms with E-state index in [0.29, 0.717) is 6.04 Å². The molecule has 3 heteroatoms. The first kappa shape index (κ1) is 11.1. The van der Waals surface area contributed by atoms with Crippen LogP contribution in [0.15, 0.2) is 24.3 Å². The fraction of sp³-hybridized carbons (Fsp3) is 0.429. The van der Waals surface area contributed by atoms with E-state index in [2.05, 4.69) is 16.7 Å². The number of fused-ring (bicyclic) bond motifs is 1. The van der Waals surface area contributed by atoms with Crippen molar-refractivity contribution in [3.63, 3.8) is 0 Å². The summed E-state index contributed by atoms with van der Waals surface area (Å²) in [5.74, 6) is 0. The molecule has 1 aromatic carbocycles. The van der Waals surface area contributed by atoms with Crippen molar-refractivity contribution in [2.45, 2.75) is 31.7 Å². The van der Waals surface area contributed by atoms with Crippen LogP contribution in [0.5, 0.6) is 0 Å². The Morgan fingerprint density at radius 3 is 2.88 bits per heavy atom. The van der Waals surface area contributed by atoms with Gasteiger partial charge in [0.25, 0.3) is 0 Å². The normalized spacial score (nSPS) is 15.6. The monoisotopic (exact) mass is 248 g/mol. The van der Waals surface area contributed by atoms with Gasteiger partial charge in [0.15, 0.2) is 0 Å². The van der Waals surface area contributed by atoms with Crippen LogP contribution in [0, 0.1) is 0 Å². The number of halogens is 1. The van der Waals surface area contributed by atoms with Crippen LogP contribution >= 0.6 is 11.6 Å². The SMILES string of the molecule is NCCCc1cc2c(Cl)cccc2n1C1CC1. The molecule has 1 aliphatic rings. The first-order valence-electron chi connectivity index (χ1n) is 6.29. The van der Waals surface area contributed by atoms with Gasteiger partial charge >= 0.3 is 0 Å². The van der Waals surface area contributed by atoms with Gasteiger partial charge in [0.05, 0.1) is 0 Å². The van der Waals surface area contributed by atoms with Gasteiger partial charge in [0, 0.05) is 27.7 Å². The molecule has 3 rings (SSSR count). The third-order valence-electron chi connectivity index (χ3n) is 3.46. The second kappa shape index (κ2) is 4.35. The maximum atomic E-state index is 6.26. The topological polar surface area (TPSA) is 30.9 Å². The standard InChI is InChI=1S/C14H17ClN2/c15-13-4-1-5-14-12(13)9-11(3-2-8-16)17(14)10-6-7-10/h1,4-5,9-10H,2-3,6-8,16H2. The predicted octanol–water partition coefficient (Wildman–Crippen LogP) is 3.52. The van der Waals surface area contributed by atoms with Crippen LogP contribution < -0.4 is 5.73 Å². The van der Waals surface area contributed by atoms with Crippen molar-refractivity contribution in [1.82, 2.24) is 4.57 Å². The van der Waals surface area contributed by atoms with E-state index in [4.69, 9.17) is 17.3 Å². The third kappa shape index (κ3) is 1.96. The smallest absolute Gasteiger partial charge is 0.0500 e. The Morgan fingerprint density at radius 2 is 2.18 bits per heavy atom. The highest BCUT2D eigenvalue weighted by molar-refractivity contribution is 6.35. The maximum Gasteiger partial charge on any atom is 0.0500 e. The number of aryl methyl sites for hydroxylation is 1. The zero-order valence-electron chi connectivity index (χ0n) is 9.82. The van der Waals surface area contributed by atoms with E-state index >= 15 is 0 Å². The van der Waals surface area contributed by atoms with Crippen LogP contribution in [0.1, 0.15) is 31.0 Å². The van der Waals surface area contributed by atoms with E-state index in [0.717, 1.165) is 24.4 Å². The number of nitrogens with two attached hydrogens (primary N) is 1. The summed E-state index contributed by atoms with van der Waals surface area (Å²) in [6, 6.07) is 9.11. The number of nitrogens with zero attached hydrogens (tertiary/aromatic N) is 1. The van der Waals surface area contributed by atoms with Gasteiger partial charge in [-0.05, 0) is 50.4 Å². The van der Waals surface area contributed by atoms with Crippen molar-refractivity contribution in [1.29, 1.82) is 0 Å². The summed E-state index contributed by atoms with van der Waals surface area (Å²) in [5, 5.41) is 2.05. The zero-order chi connectivity index (χ0) is 11.8. The first-order valence-corrected chi connectivity index (χ1v) is 6.67. The number of aromatic nitrogens is 1. The van der Waals surface area contributed by atoms with Crippen molar-refractivity contribution in [2.75, 3.05) is 6.54 Å². The minimum absolute atomic E-state index is 0.693. The molecule has 0 radical (unpaired) electrons. The van der Waals surface area contributed by atoms with Gasteiger partial charge in [0.1, 0.15) is 0 Å². The first-order chi connectivity index (χ1) is 8.31. The van der Waals surface area contributed by atoms with Crippen LogP contribution in [0.4, 0.5) is 0 Å². The average Bonchev–Trinajstić information content (AvgIpc) is 3.09. The highest BCUT2D eigenvalue weighted by Gasteiger charge is 2.27. The number of hydrogen-bond donors (Lipinski definition) is 1. The largest absolute Gasteiger partial charge is 0.341 e. The van der Waals surface area contributed by atoms with Crippen molar-refractivity contribution in [3.8, 4) is 0 Å². The molecule has 0 bridgehead atoms. The minimum Gasteiger partial charge on any atom is -0.341 e. The lowest BCUT2D eigenvalue weighted by molar-refractivity contribution is 0.694. The average molecular weight is 249 g/mol. The Labute approximate surface area is 106 Å². The van der Waals surface area contributed by atoms with Gasteiger partial charge in [0.2, 0.25) is 0 Å². The molecule has 17 heavy (non-hydrogen) atoms. The summed E-state index contributed by atoms with van der Waals surface area (Å²) >= 11 is 6.26. The fourth-order valence-corrected chi connectivity index (χ4v) is 2.73. The molecule has 2 aromatic rings. The molecule has 0 amide bonds. The lowest BCUT2D eigenvalue weighted by Gasteiger charge is -2.08. The van der Waals surface area contributed by atoms with Crippen LogP contribution in [0.3, 0.4) is 0 Å². The van der Waals surface area contributed by atoms with Crippen molar-refractivity contribution in [2.24, 2.45) is 5.73 Å². The number of hydrogen-bond acceptors (Lipinski definition) is 1. The summed E-state index contributed by atoms with van der Waals surface area (Å²) in [7, 11) is 0. The molecule has 1 saturated carbocycles. The van der Waals surface area contributed by atoms with Crippen LogP contribution in [-0.2, 0) is 6.42 Å². The Hall–Kier alpha value is -0.990. The summed E-state index contributed by atoms with van der Waals surface area (Å²) in [6.07, 6.45) is 4.69. The van der Waals surface area contributed by atoms with E-state index < -0.39 is 0 Å². The van der Waals surface area contributed by atoms with E-state index in [1.54, 1.807) is 0 Å². The molecule has 90 valence electrons. The second-order valence-corrected chi connectivity index (χ2v) is 5.21.